The lowest BCUT2D eigenvalue weighted by Crippen LogP contribution is -2.25. The lowest BCUT2D eigenvalue weighted by atomic mass is 10.2. The van der Waals surface area contributed by atoms with Crippen molar-refractivity contribution in [2.24, 2.45) is 0 Å². The smallest absolute Gasteiger partial charge is 0.397 e. The van der Waals surface area contributed by atoms with Gasteiger partial charge in [-0.25, -0.2) is 4.79 Å². The summed E-state index contributed by atoms with van der Waals surface area (Å²) in [5.74, 6) is -0.734. The van der Waals surface area contributed by atoms with Crippen LogP contribution in [0.25, 0.3) is 0 Å². The number of amides is 1. The second-order valence-electron chi connectivity index (χ2n) is 3.70. The van der Waals surface area contributed by atoms with Crippen LogP contribution >= 0.6 is 0 Å². The molecule has 20 heavy (non-hydrogen) atoms. The first kappa shape index (κ1) is 15.8. The van der Waals surface area contributed by atoms with Crippen LogP contribution in [0, 0.1) is 0 Å². The molecule has 6 heteroatoms. The molecule has 1 rings (SSSR count). The van der Waals surface area contributed by atoms with Gasteiger partial charge in [0.05, 0.1) is 25.5 Å². The molecule has 0 spiro atoms. The van der Waals surface area contributed by atoms with Gasteiger partial charge in [0.25, 0.3) is 0 Å². The number of esters is 1. The van der Waals surface area contributed by atoms with Crippen molar-refractivity contribution in [3.05, 3.63) is 18.2 Å². The van der Waals surface area contributed by atoms with Gasteiger partial charge >= 0.3 is 11.9 Å². The summed E-state index contributed by atoms with van der Waals surface area (Å²) < 4.78 is 15.4. The van der Waals surface area contributed by atoms with E-state index < -0.39 is 11.9 Å². The molecule has 0 saturated heterocycles. The Hall–Kier alpha value is -2.24. The number of ether oxygens (including phenoxy) is 3. The highest BCUT2D eigenvalue weighted by molar-refractivity contribution is 6.37. The Morgan fingerprint density at radius 3 is 2.35 bits per heavy atom. The monoisotopic (exact) mass is 281 g/mol. The third-order valence-electron chi connectivity index (χ3n) is 2.27. The zero-order chi connectivity index (χ0) is 15.0. The molecule has 1 aromatic carbocycles. The van der Waals surface area contributed by atoms with Gasteiger partial charge in [0.2, 0.25) is 0 Å². The van der Waals surface area contributed by atoms with Gasteiger partial charge in [0.1, 0.15) is 11.5 Å². The van der Waals surface area contributed by atoms with E-state index in [0.29, 0.717) is 30.4 Å². The van der Waals surface area contributed by atoms with Gasteiger partial charge in [-0.15, -0.1) is 0 Å². The molecule has 110 valence electrons. The van der Waals surface area contributed by atoms with Crippen molar-refractivity contribution < 1.29 is 23.8 Å². The fraction of sp³-hybridized carbons (Fsp3) is 0.429. The molecule has 0 aromatic heterocycles. The molecule has 1 amide bonds. The van der Waals surface area contributed by atoms with Gasteiger partial charge in [-0.05, 0) is 32.9 Å². The molecular formula is C14H19NO5. The van der Waals surface area contributed by atoms with Crippen LogP contribution < -0.4 is 14.8 Å². The first-order valence-corrected chi connectivity index (χ1v) is 6.50. The van der Waals surface area contributed by atoms with Crippen molar-refractivity contribution >= 4 is 17.6 Å². The zero-order valence-electron chi connectivity index (χ0n) is 11.9. The van der Waals surface area contributed by atoms with Crippen LogP contribution in [0.15, 0.2) is 18.2 Å². The second kappa shape index (κ2) is 8.04. The van der Waals surface area contributed by atoms with Crippen LogP contribution in [0.4, 0.5) is 5.69 Å². The molecule has 0 saturated carbocycles. The van der Waals surface area contributed by atoms with E-state index in [-0.39, 0.29) is 6.61 Å². The Balaban J connectivity index is 2.91. The number of nitrogens with one attached hydrogen (secondary N) is 1. The minimum Gasteiger partial charge on any atom is -0.494 e. The molecule has 0 bridgehead atoms. The SMILES string of the molecule is CCOC(=O)C(=O)Nc1cc(OCC)ccc1OCC. The summed E-state index contributed by atoms with van der Waals surface area (Å²) in [4.78, 5) is 23.0. The topological polar surface area (TPSA) is 73.9 Å². The molecule has 1 N–H and O–H groups in total. The maximum atomic E-state index is 11.6. The highest BCUT2D eigenvalue weighted by Crippen LogP contribution is 2.29. The van der Waals surface area contributed by atoms with Gasteiger partial charge in [-0.3, -0.25) is 4.79 Å². The highest BCUT2D eigenvalue weighted by Gasteiger charge is 2.17. The van der Waals surface area contributed by atoms with Crippen LogP contribution in [0.1, 0.15) is 20.8 Å². The Labute approximate surface area is 118 Å². The lowest BCUT2D eigenvalue weighted by Gasteiger charge is -2.13. The Morgan fingerprint density at radius 2 is 1.75 bits per heavy atom. The van der Waals surface area contributed by atoms with Crippen LogP contribution in [-0.4, -0.2) is 31.7 Å². The molecule has 0 atom stereocenters. The van der Waals surface area contributed by atoms with Crippen LogP contribution in [0.3, 0.4) is 0 Å². The quantitative estimate of drug-likeness (QED) is 0.637. The Kier molecular flexibility index (Phi) is 6.36. The maximum absolute atomic E-state index is 11.6. The summed E-state index contributed by atoms with van der Waals surface area (Å²) in [6.45, 7) is 6.40. The molecule has 0 aliphatic carbocycles. The summed E-state index contributed by atoms with van der Waals surface area (Å²) in [7, 11) is 0. The molecule has 0 radical (unpaired) electrons. The van der Waals surface area contributed by atoms with Crippen LogP contribution in [0.5, 0.6) is 11.5 Å². The van der Waals surface area contributed by atoms with Crippen molar-refractivity contribution in [2.45, 2.75) is 20.8 Å². The zero-order valence-corrected chi connectivity index (χ0v) is 11.9. The Morgan fingerprint density at radius 1 is 1.05 bits per heavy atom. The second-order valence-corrected chi connectivity index (χ2v) is 3.70. The van der Waals surface area contributed by atoms with E-state index in [4.69, 9.17) is 9.47 Å². The van der Waals surface area contributed by atoms with E-state index in [1.807, 2.05) is 13.8 Å². The van der Waals surface area contributed by atoms with Crippen molar-refractivity contribution in [3.8, 4) is 11.5 Å². The van der Waals surface area contributed by atoms with E-state index in [1.165, 1.54) is 0 Å². The summed E-state index contributed by atoms with van der Waals surface area (Å²) in [5, 5.41) is 2.46. The van der Waals surface area contributed by atoms with Crippen LogP contribution in [-0.2, 0) is 14.3 Å². The highest BCUT2D eigenvalue weighted by atomic mass is 16.5. The number of anilines is 1. The number of carbonyl (C=O) groups is 2. The van der Waals surface area contributed by atoms with E-state index in [2.05, 4.69) is 10.1 Å². The van der Waals surface area contributed by atoms with E-state index in [9.17, 15) is 9.59 Å². The molecule has 0 aliphatic heterocycles. The first-order chi connectivity index (χ1) is 9.62. The molecule has 0 fully saturated rings. The normalized spacial score (nSPS) is 9.75. The largest absolute Gasteiger partial charge is 0.494 e. The predicted octanol–water partition coefficient (Wildman–Crippen LogP) is 1.99. The maximum Gasteiger partial charge on any atom is 0.397 e. The predicted molar refractivity (Wildman–Crippen MR) is 74.0 cm³/mol. The number of carbonyl (C=O) groups excluding carboxylic acids is 2. The van der Waals surface area contributed by atoms with Gasteiger partial charge in [-0.1, -0.05) is 0 Å². The first-order valence-electron chi connectivity index (χ1n) is 6.50. The van der Waals surface area contributed by atoms with Crippen molar-refractivity contribution in [1.82, 2.24) is 0 Å². The van der Waals surface area contributed by atoms with Crippen molar-refractivity contribution in [1.29, 1.82) is 0 Å². The fourth-order valence-corrected chi connectivity index (χ4v) is 1.51. The lowest BCUT2D eigenvalue weighted by molar-refractivity contribution is -0.152. The third kappa shape index (κ3) is 4.46. The average molecular weight is 281 g/mol. The number of rotatable bonds is 6. The number of benzene rings is 1. The molecule has 1 aromatic rings. The van der Waals surface area contributed by atoms with Crippen molar-refractivity contribution in [2.75, 3.05) is 25.1 Å². The van der Waals surface area contributed by atoms with Gasteiger partial charge in [0, 0.05) is 6.07 Å². The number of hydrogen-bond acceptors (Lipinski definition) is 5. The van der Waals surface area contributed by atoms with Crippen molar-refractivity contribution in [3.63, 3.8) is 0 Å². The van der Waals surface area contributed by atoms with E-state index in [0.717, 1.165) is 0 Å². The van der Waals surface area contributed by atoms with E-state index >= 15 is 0 Å². The van der Waals surface area contributed by atoms with E-state index in [1.54, 1.807) is 25.1 Å². The molecule has 0 heterocycles. The van der Waals surface area contributed by atoms with Gasteiger partial charge in [0.15, 0.2) is 0 Å². The average Bonchev–Trinajstić information content (AvgIpc) is 2.42. The summed E-state index contributed by atoms with van der Waals surface area (Å²) in [6, 6.07) is 5.01. The molecule has 0 aliphatic rings. The van der Waals surface area contributed by atoms with Gasteiger partial charge < -0.3 is 19.5 Å². The summed E-state index contributed by atoms with van der Waals surface area (Å²) in [5.41, 5.74) is 0.371. The standard InChI is InChI=1S/C14H19NO5/c1-4-18-10-7-8-12(19-5-2)11(9-10)15-13(16)14(17)20-6-3/h7-9H,4-6H2,1-3H3,(H,15,16). The number of hydrogen-bond donors (Lipinski definition) is 1. The minimum absolute atomic E-state index is 0.142. The summed E-state index contributed by atoms with van der Waals surface area (Å²) >= 11 is 0. The molecular weight excluding hydrogens is 262 g/mol. The van der Waals surface area contributed by atoms with Crippen LogP contribution in [0.2, 0.25) is 0 Å². The third-order valence-corrected chi connectivity index (χ3v) is 2.27. The Bertz CT molecular complexity index is 473. The fourth-order valence-electron chi connectivity index (χ4n) is 1.51. The summed E-state index contributed by atoms with van der Waals surface area (Å²) in [6.07, 6.45) is 0. The molecule has 0 unspecified atom stereocenters. The minimum atomic E-state index is -0.934. The molecule has 6 nitrogen and oxygen atoms in total. The van der Waals surface area contributed by atoms with Gasteiger partial charge in [-0.2, -0.15) is 0 Å².